The van der Waals surface area contributed by atoms with Crippen LogP contribution in [-0.4, -0.2) is 28.5 Å². The Labute approximate surface area is 101 Å². The van der Waals surface area contributed by atoms with Crippen LogP contribution in [0.3, 0.4) is 0 Å². The van der Waals surface area contributed by atoms with E-state index in [1.807, 2.05) is 13.8 Å². The molecule has 5 nitrogen and oxygen atoms in total. The summed E-state index contributed by atoms with van der Waals surface area (Å²) < 4.78 is 5.43. The molecule has 0 atom stereocenters. The van der Waals surface area contributed by atoms with Crippen LogP contribution in [0.2, 0.25) is 0 Å². The summed E-state index contributed by atoms with van der Waals surface area (Å²) in [4.78, 5) is 0. The first-order valence-corrected chi connectivity index (χ1v) is 5.68. The van der Waals surface area contributed by atoms with Gasteiger partial charge in [-0.1, -0.05) is 0 Å². The maximum atomic E-state index is 9.03. The topological polar surface area (TPSA) is 79.0 Å². The smallest absolute Gasteiger partial charge is 0.251 e. The Bertz CT molecular complexity index is 413. The van der Waals surface area contributed by atoms with Crippen LogP contribution in [0.5, 0.6) is 5.88 Å². The third-order valence-corrected chi connectivity index (χ3v) is 2.58. The molecule has 0 amide bonds. The lowest BCUT2D eigenvalue weighted by atomic mass is 10.1. The number of aliphatic hydroxyl groups is 1. The Morgan fingerprint density at radius 2 is 2.00 bits per heavy atom. The minimum Gasteiger partial charge on any atom is -0.476 e. The van der Waals surface area contributed by atoms with Crippen LogP contribution in [-0.2, 0) is 0 Å². The van der Waals surface area contributed by atoms with Gasteiger partial charge in [0.15, 0.2) is 0 Å². The van der Waals surface area contributed by atoms with Crippen molar-refractivity contribution >= 4 is 0 Å². The van der Waals surface area contributed by atoms with E-state index in [-0.39, 0.29) is 6.61 Å². The number of nitriles is 1. The number of ether oxygens (including phenoxy) is 1. The number of aliphatic hydroxyl groups excluding tert-OH is 1. The highest BCUT2D eigenvalue weighted by molar-refractivity contribution is 5.44. The molecule has 0 saturated carbocycles. The lowest BCUT2D eigenvalue weighted by Gasteiger charge is -2.08. The second-order valence-electron chi connectivity index (χ2n) is 3.84. The predicted octanol–water partition coefficient (Wildman–Crippen LogP) is 1.51. The molecule has 1 N–H and O–H groups in total. The molecule has 0 aliphatic heterocycles. The zero-order valence-corrected chi connectivity index (χ0v) is 10.2. The van der Waals surface area contributed by atoms with Crippen LogP contribution in [0.15, 0.2) is 0 Å². The first kappa shape index (κ1) is 13.4. The van der Waals surface area contributed by atoms with Crippen LogP contribution in [0.25, 0.3) is 0 Å². The number of nitrogens with zero attached hydrogens (tertiary/aromatic N) is 3. The standard InChI is InChI=1S/C12H17N3O2/c1-9-10(2)14-15-12(11(9)8-13)17-7-5-3-4-6-16/h16H,3-7H2,1-2H3. The second kappa shape index (κ2) is 6.81. The molecule has 0 aliphatic rings. The molecule has 0 fully saturated rings. The van der Waals surface area contributed by atoms with Crippen molar-refractivity contribution in [3.8, 4) is 11.9 Å². The summed E-state index contributed by atoms with van der Waals surface area (Å²) in [6, 6.07) is 2.09. The van der Waals surface area contributed by atoms with Crippen molar-refractivity contribution < 1.29 is 9.84 Å². The van der Waals surface area contributed by atoms with Gasteiger partial charge in [-0.05, 0) is 38.7 Å². The van der Waals surface area contributed by atoms with Gasteiger partial charge in [-0.15, -0.1) is 5.10 Å². The van der Waals surface area contributed by atoms with E-state index in [0.29, 0.717) is 18.1 Å². The molecule has 1 aromatic heterocycles. The number of hydrogen-bond donors (Lipinski definition) is 1. The molecule has 17 heavy (non-hydrogen) atoms. The molecule has 1 rings (SSSR count). The largest absolute Gasteiger partial charge is 0.476 e. The molecule has 1 aromatic rings. The SMILES string of the molecule is Cc1nnc(OCCCCCO)c(C#N)c1C. The van der Waals surface area contributed by atoms with E-state index in [0.717, 1.165) is 30.5 Å². The molecule has 0 saturated heterocycles. The number of hydrogen-bond acceptors (Lipinski definition) is 5. The molecular formula is C12H17N3O2. The first-order valence-electron chi connectivity index (χ1n) is 5.68. The summed E-state index contributed by atoms with van der Waals surface area (Å²) in [6.45, 7) is 4.34. The molecule has 0 spiro atoms. The van der Waals surface area contributed by atoms with E-state index in [2.05, 4.69) is 16.3 Å². The average Bonchev–Trinajstić information content (AvgIpc) is 2.33. The van der Waals surface area contributed by atoms with Gasteiger partial charge in [0, 0.05) is 6.61 Å². The van der Waals surface area contributed by atoms with Gasteiger partial charge in [-0.2, -0.15) is 10.4 Å². The van der Waals surface area contributed by atoms with Crippen LogP contribution in [0.1, 0.15) is 36.1 Å². The third-order valence-electron chi connectivity index (χ3n) is 2.58. The van der Waals surface area contributed by atoms with E-state index in [9.17, 15) is 0 Å². The molecule has 92 valence electrons. The molecule has 5 heteroatoms. The van der Waals surface area contributed by atoms with Crippen LogP contribution in [0.4, 0.5) is 0 Å². The van der Waals surface area contributed by atoms with Gasteiger partial charge in [-0.3, -0.25) is 0 Å². The number of aryl methyl sites for hydroxylation is 1. The first-order chi connectivity index (χ1) is 8.20. The van der Waals surface area contributed by atoms with Crippen molar-refractivity contribution in [2.75, 3.05) is 13.2 Å². The quantitative estimate of drug-likeness (QED) is 0.756. The van der Waals surface area contributed by atoms with Crippen molar-refractivity contribution in [2.45, 2.75) is 33.1 Å². The van der Waals surface area contributed by atoms with Gasteiger partial charge in [0.2, 0.25) is 0 Å². The van der Waals surface area contributed by atoms with Gasteiger partial charge in [0.1, 0.15) is 11.6 Å². The lowest BCUT2D eigenvalue weighted by Crippen LogP contribution is -2.05. The highest BCUT2D eigenvalue weighted by Crippen LogP contribution is 2.19. The molecule has 0 radical (unpaired) electrons. The summed E-state index contributed by atoms with van der Waals surface area (Å²) in [7, 11) is 0. The Hall–Kier alpha value is -1.67. The summed E-state index contributed by atoms with van der Waals surface area (Å²) in [6.07, 6.45) is 2.50. The van der Waals surface area contributed by atoms with E-state index in [4.69, 9.17) is 15.1 Å². The van der Waals surface area contributed by atoms with Crippen molar-refractivity contribution in [3.63, 3.8) is 0 Å². The fourth-order valence-electron chi connectivity index (χ4n) is 1.38. The Balaban J connectivity index is 2.60. The highest BCUT2D eigenvalue weighted by Gasteiger charge is 2.11. The van der Waals surface area contributed by atoms with Crippen molar-refractivity contribution in [3.05, 3.63) is 16.8 Å². The normalized spacial score (nSPS) is 10.0. The monoisotopic (exact) mass is 235 g/mol. The lowest BCUT2D eigenvalue weighted by molar-refractivity contribution is 0.261. The van der Waals surface area contributed by atoms with Gasteiger partial charge in [-0.25, -0.2) is 0 Å². The minimum atomic E-state index is 0.201. The van der Waals surface area contributed by atoms with Gasteiger partial charge >= 0.3 is 0 Å². The fraction of sp³-hybridized carbons (Fsp3) is 0.583. The summed E-state index contributed by atoms with van der Waals surface area (Å²) in [5, 5.41) is 25.5. The Morgan fingerprint density at radius 3 is 2.65 bits per heavy atom. The van der Waals surface area contributed by atoms with Gasteiger partial charge in [0.05, 0.1) is 12.3 Å². The minimum absolute atomic E-state index is 0.201. The highest BCUT2D eigenvalue weighted by atomic mass is 16.5. The van der Waals surface area contributed by atoms with Crippen LogP contribution < -0.4 is 4.74 Å². The second-order valence-corrected chi connectivity index (χ2v) is 3.84. The summed E-state index contributed by atoms with van der Waals surface area (Å²) in [5.74, 6) is 0.305. The van der Waals surface area contributed by atoms with Crippen LogP contribution >= 0.6 is 0 Å². The Morgan fingerprint density at radius 1 is 1.24 bits per heavy atom. The molecule has 0 unspecified atom stereocenters. The maximum Gasteiger partial charge on any atom is 0.251 e. The molecule has 0 aromatic carbocycles. The predicted molar refractivity (Wildman–Crippen MR) is 62.7 cm³/mol. The fourth-order valence-corrected chi connectivity index (χ4v) is 1.38. The van der Waals surface area contributed by atoms with Gasteiger partial charge in [0.25, 0.3) is 5.88 Å². The summed E-state index contributed by atoms with van der Waals surface area (Å²) in [5.41, 5.74) is 2.02. The van der Waals surface area contributed by atoms with E-state index in [1.54, 1.807) is 0 Å². The molecule has 1 heterocycles. The number of unbranched alkanes of at least 4 members (excludes halogenated alkanes) is 2. The number of aromatic nitrogens is 2. The molecular weight excluding hydrogens is 218 g/mol. The maximum absolute atomic E-state index is 9.03. The average molecular weight is 235 g/mol. The van der Waals surface area contributed by atoms with Crippen LogP contribution in [0, 0.1) is 25.2 Å². The van der Waals surface area contributed by atoms with E-state index < -0.39 is 0 Å². The van der Waals surface area contributed by atoms with Crippen molar-refractivity contribution in [2.24, 2.45) is 0 Å². The summed E-state index contributed by atoms with van der Waals surface area (Å²) >= 11 is 0. The third kappa shape index (κ3) is 3.68. The molecule has 0 bridgehead atoms. The Kier molecular flexibility index (Phi) is 5.37. The van der Waals surface area contributed by atoms with E-state index >= 15 is 0 Å². The van der Waals surface area contributed by atoms with Gasteiger partial charge < -0.3 is 9.84 Å². The number of rotatable bonds is 6. The zero-order chi connectivity index (χ0) is 12.7. The molecule has 0 aliphatic carbocycles. The van der Waals surface area contributed by atoms with Crippen molar-refractivity contribution in [1.29, 1.82) is 5.26 Å². The van der Waals surface area contributed by atoms with Crippen molar-refractivity contribution in [1.82, 2.24) is 10.2 Å². The van der Waals surface area contributed by atoms with E-state index in [1.165, 1.54) is 0 Å². The zero-order valence-electron chi connectivity index (χ0n) is 10.2.